The summed E-state index contributed by atoms with van der Waals surface area (Å²) in [5.41, 5.74) is 4.71. The second-order valence-electron chi connectivity index (χ2n) is 9.19. The molecule has 2 aromatic heterocycles. The summed E-state index contributed by atoms with van der Waals surface area (Å²) in [4.78, 5) is 31.4. The van der Waals surface area contributed by atoms with Crippen LogP contribution < -0.4 is 4.90 Å². The average Bonchev–Trinajstić information content (AvgIpc) is 3.30. The zero-order valence-corrected chi connectivity index (χ0v) is 19.3. The third kappa shape index (κ3) is 4.96. The first kappa shape index (κ1) is 21.7. The maximum Gasteiger partial charge on any atom is 0.228 e. The van der Waals surface area contributed by atoms with E-state index in [9.17, 15) is 4.79 Å². The maximum absolute atomic E-state index is 12.8. The van der Waals surface area contributed by atoms with Crippen molar-refractivity contribution in [3.05, 3.63) is 83.1 Å². The fraction of sp³-hybridized carbons (Fsp3) is 0.407. The number of rotatable bonds is 7. The smallest absolute Gasteiger partial charge is 0.228 e. The van der Waals surface area contributed by atoms with Gasteiger partial charge in [-0.1, -0.05) is 36.4 Å². The molecule has 1 amide bonds. The van der Waals surface area contributed by atoms with E-state index in [4.69, 9.17) is 9.97 Å². The highest BCUT2D eigenvalue weighted by atomic mass is 16.2. The molecule has 1 atom stereocenters. The van der Waals surface area contributed by atoms with Crippen LogP contribution in [0.25, 0.3) is 0 Å². The van der Waals surface area contributed by atoms with Gasteiger partial charge >= 0.3 is 0 Å². The zero-order chi connectivity index (χ0) is 22.6. The minimum atomic E-state index is 0.184. The summed E-state index contributed by atoms with van der Waals surface area (Å²) >= 11 is 0. The number of pyridine rings is 1. The van der Waals surface area contributed by atoms with Crippen LogP contribution in [-0.2, 0) is 24.2 Å². The summed E-state index contributed by atoms with van der Waals surface area (Å²) in [5, 5.41) is 0. The molecule has 0 spiro atoms. The largest absolute Gasteiger partial charge is 0.298 e. The first-order valence-corrected chi connectivity index (χ1v) is 12.0. The third-order valence-corrected chi connectivity index (χ3v) is 6.81. The Hall–Kier alpha value is -3.12. The Labute approximate surface area is 195 Å². The number of carbonyl (C=O) groups excluding carboxylic acids is 1. The van der Waals surface area contributed by atoms with E-state index < -0.39 is 0 Å². The second-order valence-corrected chi connectivity index (χ2v) is 9.19. The van der Waals surface area contributed by atoms with E-state index in [1.165, 1.54) is 11.1 Å². The summed E-state index contributed by atoms with van der Waals surface area (Å²) in [5.74, 6) is 2.23. The van der Waals surface area contributed by atoms with Gasteiger partial charge in [-0.2, -0.15) is 0 Å². The molecular weight excluding hydrogens is 410 g/mol. The molecule has 170 valence electrons. The van der Waals surface area contributed by atoms with E-state index >= 15 is 0 Å². The van der Waals surface area contributed by atoms with Crippen molar-refractivity contribution < 1.29 is 4.79 Å². The number of nitrogens with zero attached hydrogens (tertiary/aromatic N) is 5. The van der Waals surface area contributed by atoms with Crippen LogP contribution in [0.3, 0.4) is 0 Å². The van der Waals surface area contributed by atoms with Crippen LogP contribution >= 0.6 is 0 Å². The molecule has 0 N–H and O–H groups in total. The number of likely N-dealkylation sites (tertiary alicyclic amines) is 1. The maximum atomic E-state index is 12.8. The number of carbonyl (C=O) groups is 1. The minimum absolute atomic E-state index is 0.184. The number of benzene rings is 1. The van der Waals surface area contributed by atoms with E-state index in [0.717, 1.165) is 68.2 Å². The number of hydrogen-bond acceptors (Lipinski definition) is 5. The lowest BCUT2D eigenvalue weighted by molar-refractivity contribution is -0.119. The molecule has 4 heterocycles. The number of hydrogen-bond donors (Lipinski definition) is 0. The highest BCUT2D eigenvalue weighted by molar-refractivity contribution is 5.95. The normalized spacial score (nSPS) is 18.5. The minimum Gasteiger partial charge on any atom is -0.298 e. The van der Waals surface area contributed by atoms with Crippen molar-refractivity contribution in [3.8, 4) is 0 Å². The van der Waals surface area contributed by atoms with E-state index in [2.05, 4.69) is 47.1 Å². The number of aryl methyl sites for hydroxylation is 2. The van der Waals surface area contributed by atoms with Gasteiger partial charge in [0.25, 0.3) is 0 Å². The number of fused-ring (bicyclic) bond motifs is 1. The van der Waals surface area contributed by atoms with Gasteiger partial charge in [0.1, 0.15) is 11.6 Å². The van der Waals surface area contributed by atoms with Gasteiger partial charge in [0, 0.05) is 55.6 Å². The fourth-order valence-electron chi connectivity index (χ4n) is 5.04. The van der Waals surface area contributed by atoms with Gasteiger partial charge in [0.2, 0.25) is 5.91 Å². The van der Waals surface area contributed by atoms with Crippen molar-refractivity contribution in [2.45, 2.75) is 51.5 Å². The molecular formula is C27H31N5O. The SMILES string of the molecule is Cc1nc([C@@H]2CCN(Cc3cccnc3)C2)nc2c1CCC(=O)N2CCCc1ccccc1. The van der Waals surface area contributed by atoms with E-state index in [1.54, 1.807) is 0 Å². The predicted molar refractivity (Wildman–Crippen MR) is 129 cm³/mol. The quantitative estimate of drug-likeness (QED) is 0.553. The van der Waals surface area contributed by atoms with Gasteiger partial charge in [-0.3, -0.25) is 19.6 Å². The van der Waals surface area contributed by atoms with Crippen molar-refractivity contribution >= 4 is 11.7 Å². The lowest BCUT2D eigenvalue weighted by Crippen LogP contribution is -2.38. The zero-order valence-electron chi connectivity index (χ0n) is 19.3. The third-order valence-electron chi connectivity index (χ3n) is 6.81. The highest BCUT2D eigenvalue weighted by Crippen LogP contribution is 2.32. The Bertz CT molecular complexity index is 1100. The summed E-state index contributed by atoms with van der Waals surface area (Å²) in [6.45, 7) is 5.64. The summed E-state index contributed by atoms with van der Waals surface area (Å²) in [7, 11) is 0. The first-order valence-electron chi connectivity index (χ1n) is 12.0. The van der Waals surface area contributed by atoms with Gasteiger partial charge in [0.15, 0.2) is 0 Å². The van der Waals surface area contributed by atoms with Crippen molar-refractivity contribution in [3.63, 3.8) is 0 Å². The van der Waals surface area contributed by atoms with Crippen LogP contribution in [0, 0.1) is 6.92 Å². The van der Waals surface area contributed by atoms with Crippen molar-refractivity contribution in [2.24, 2.45) is 0 Å². The van der Waals surface area contributed by atoms with Crippen molar-refractivity contribution in [1.82, 2.24) is 19.9 Å². The lowest BCUT2D eigenvalue weighted by atomic mass is 10.0. The molecule has 0 unspecified atom stereocenters. The van der Waals surface area contributed by atoms with Crippen LogP contribution in [0.5, 0.6) is 0 Å². The number of aromatic nitrogens is 3. The highest BCUT2D eigenvalue weighted by Gasteiger charge is 2.31. The van der Waals surface area contributed by atoms with Crippen LogP contribution in [0.1, 0.15) is 53.4 Å². The summed E-state index contributed by atoms with van der Waals surface area (Å²) in [6, 6.07) is 14.6. The molecule has 0 radical (unpaired) electrons. The number of anilines is 1. The van der Waals surface area contributed by atoms with E-state index in [0.29, 0.717) is 18.9 Å². The van der Waals surface area contributed by atoms with Crippen LogP contribution in [0.4, 0.5) is 5.82 Å². The van der Waals surface area contributed by atoms with Gasteiger partial charge < -0.3 is 0 Å². The molecule has 33 heavy (non-hydrogen) atoms. The molecule has 6 nitrogen and oxygen atoms in total. The van der Waals surface area contributed by atoms with Gasteiger partial charge in [-0.05, 0) is 56.3 Å². The molecule has 1 saturated heterocycles. The van der Waals surface area contributed by atoms with Gasteiger partial charge in [-0.25, -0.2) is 9.97 Å². The second kappa shape index (κ2) is 9.79. The Morgan fingerprint density at radius 2 is 1.88 bits per heavy atom. The molecule has 1 fully saturated rings. The van der Waals surface area contributed by atoms with Gasteiger partial charge in [0.05, 0.1) is 0 Å². The standard InChI is InChI=1S/C27H31N5O/c1-20-24-11-12-25(33)32(15-6-10-21-7-3-2-4-8-21)27(24)30-26(29-20)23-13-16-31(19-23)18-22-9-5-14-28-17-22/h2-5,7-9,14,17,23H,6,10-13,15-16,18-19H2,1H3/t23-/m1/s1. The first-order chi connectivity index (χ1) is 16.2. The Balaban J connectivity index is 1.30. The molecule has 5 rings (SSSR count). The Morgan fingerprint density at radius 1 is 1.03 bits per heavy atom. The lowest BCUT2D eigenvalue weighted by Gasteiger charge is -2.30. The van der Waals surface area contributed by atoms with Crippen molar-refractivity contribution in [2.75, 3.05) is 24.5 Å². The molecule has 2 aliphatic heterocycles. The van der Waals surface area contributed by atoms with Crippen molar-refractivity contribution in [1.29, 1.82) is 0 Å². The number of amides is 1. The monoisotopic (exact) mass is 441 g/mol. The summed E-state index contributed by atoms with van der Waals surface area (Å²) in [6.07, 6.45) is 7.97. The van der Waals surface area contributed by atoms with E-state index in [-0.39, 0.29) is 5.91 Å². The Morgan fingerprint density at radius 3 is 2.70 bits per heavy atom. The molecule has 0 aliphatic carbocycles. The molecule has 3 aromatic rings. The average molecular weight is 442 g/mol. The molecule has 0 saturated carbocycles. The molecule has 6 heteroatoms. The van der Waals surface area contributed by atoms with E-state index in [1.807, 2.05) is 29.4 Å². The predicted octanol–water partition coefficient (Wildman–Crippen LogP) is 4.08. The van der Waals surface area contributed by atoms with Crippen LogP contribution in [0.2, 0.25) is 0 Å². The topological polar surface area (TPSA) is 62.2 Å². The molecule has 2 aliphatic rings. The van der Waals surface area contributed by atoms with Crippen LogP contribution in [-0.4, -0.2) is 45.4 Å². The van der Waals surface area contributed by atoms with Gasteiger partial charge in [-0.15, -0.1) is 0 Å². The van der Waals surface area contributed by atoms with Crippen LogP contribution in [0.15, 0.2) is 54.9 Å². The fourth-order valence-corrected chi connectivity index (χ4v) is 5.04. The molecule has 1 aromatic carbocycles. The Kier molecular flexibility index (Phi) is 6.44. The molecule has 0 bridgehead atoms. The summed E-state index contributed by atoms with van der Waals surface area (Å²) < 4.78 is 0.